The van der Waals surface area contributed by atoms with Crippen LogP contribution in [0.4, 0.5) is 4.39 Å². The molecule has 1 N–H and O–H groups in total. The summed E-state index contributed by atoms with van der Waals surface area (Å²) in [6.45, 7) is 0.635. The summed E-state index contributed by atoms with van der Waals surface area (Å²) < 4.78 is 19.3. The average Bonchev–Trinajstić information content (AvgIpc) is 2.93. The molecular weight excluding hydrogens is 245 g/mol. The Bertz CT molecular complexity index is 553. The van der Waals surface area contributed by atoms with Crippen molar-refractivity contribution in [1.82, 2.24) is 5.48 Å². The van der Waals surface area contributed by atoms with Crippen LogP contribution in [0, 0.1) is 5.82 Å². The third-order valence-electron chi connectivity index (χ3n) is 3.01. The van der Waals surface area contributed by atoms with Crippen molar-refractivity contribution in [3.63, 3.8) is 0 Å². The van der Waals surface area contributed by atoms with Gasteiger partial charge in [0.15, 0.2) is 0 Å². The summed E-state index contributed by atoms with van der Waals surface area (Å²) in [6, 6.07) is 14.1. The standard InChI is InChI=1S/C15H14FNO2/c16-12-8-11(15-6-7-18-17-15)9-14(10-12)19-13-4-2-1-3-5-13/h1-5,8-10,15,17H,6-7H2. The number of halogens is 1. The molecule has 1 fully saturated rings. The van der Waals surface area contributed by atoms with Gasteiger partial charge in [0.1, 0.15) is 17.3 Å². The summed E-state index contributed by atoms with van der Waals surface area (Å²) in [4.78, 5) is 5.10. The van der Waals surface area contributed by atoms with Gasteiger partial charge < -0.3 is 9.57 Å². The predicted molar refractivity (Wildman–Crippen MR) is 69.4 cm³/mol. The van der Waals surface area contributed by atoms with Crippen LogP contribution in [0.15, 0.2) is 48.5 Å². The fourth-order valence-electron chi connectivity index (χ4n) is 2.10. The molecule has 19 heavy (non-hydrogen) atoms. The van der Waals surface area contributed by atoms with Crippen molar-refractivity contribution in [2.45, 2.75) is 12.5 Å². The summed E-state index contributed by atoms with van der Waals surface area (Å²) in [7, 11) is 0. The summed E-state index contributed by atoms with van der Waals surface area (Å²) in [5, 5.41) is 0. The molecule has 2 aromatic carbocycles. The molecular formula is C15H14FNO2. The molecule has 0 amide bonds. The number of hydrogen-bond donors (Lipinski definition) is 1. The molecule has 0 spiro atoms. The van der Waals surface area contributed by atoms with E-state index >= 15 is 0 Å². The number of rotatable bonds is 3. The fraction of sp³-hybridized carbons (Fsp3) is 0.200. The molecule has 3 rings (SSSR count). The first-order valence-corrected chi connectivity index (χ1v) is 6.22. The van der Waals surface area contributed by atoms with E-state index in [1.54, 1.807) is 0 Å². The molecule has 1 heterocycles. The molecule has 4 heteroatoms. The van der Waals surface area contributed by atoms with Gasteiger partial charge in [-0.05, 0) is 36.2 Å². The maximum Gasteiger partial charge on any atom is 0.130 e. The summed E-state index contributed by atoms with van der Waals surface area (Å²) in [5.41, 5.74) is 3.71. The molecule has 1 atom stereocenters. The van der Waals surface area contributed by atoms with Crippen LogP contribution in [-0.4, -0.2) is 6.61 Å². The predicted octanol–water partition coefficient (Wildman–Crippen LogP) is 3.58. The van der Waals surface area contributed by atoms with Gasteiger partial charge in [0.05, 0.1) is 12.6 Å². The zero-order valence-electron chi connectivity index (χ0n) is 10.3. The highest BCUT2D eigenvalue weighted by molar-refractivity contribution is 5.35. The Morgan fingerprint density at radius 3 is 2.68 bits per heavy atom. The molecule has 0 bridgehead atoms. The maximum atomic E-state index is 13.6. The number of benzene rings is 2. The Labute approximate surface area is 110 Å². The number of para-hydroxylation sites is 1. The van der Waals surface area contributed by atoms with Gasteiger partial charge in [0.2, 0.25) is 0 Å². The van der Waals surface area contributed by atoms with E-state index < -0.39 is 0 Å². The normalized spacial score (nSPS) is 18.5. The van der Waals surface area contributed by atoms with Gasteiger partial charge in [-0.3, -0.25) is 0 Å². The lowest BCUT2D eigenvalue weighted by Gasteiger charge is -2.12. The molecule has 0 aromatic heterocycles. The van der Waals surface area contributed by atoms with Gasteiger partial charge >= 0.3 is 0 Å². The topological polar surface area (TPSA) is 30.5 Å². The van der Waals surface area contributed by atoms with Gasteiger partial charge in [-0.2, -0.15) is 5.48 Å². The third kappa shape index (κ3) is 2.92. The lowest BCUT2D eigenvalue weighted by molar-refractivity contribution is 0.0882. The second-order valence-electron chi connectivity index (χ2n) is 4.44. The van der Waals surface area contributed by atoms with Crippen LogP contribution in [0.1, 0.15) is 18.0 Å². The van der Waals surface area contributed by atoms with Crippen LogP contribution < -0.4 is 10.2 Å². The van der Waals surface area contributed by atoms with Gasteiger partial charge in [0, 0.05) is 6.07 Å². The Morgan fingerprint density at radius 1 is 1.11 bits per heavy atom. The van der Waals surface area contributed by atoms with Gasteiger partial charge in [-0.15, -0.1) is 0 Å². The highest BCUT2D eigenvalue weighted by Gasteiger charge is 2.18. The molecule has 2 aromatic rings. The molecule has 1 unspecified atom stereocenters. The minimum absolute atomic E-state index is 0.0221. The third-order valence-corrected chi connectivity index (χ3v) is 3.01. The lowest BCUT2D eigenvalue weighted by atomic mass is 10.1. The zero-order valence-corrected chi connectivity index (χ0v) is 10.3. The molecule has 98 valence electrons. The molecule has 3 nitrogen and oxygen atoms in total. The van der Waals surface area contributed by atoms with Gasteiger partial charge in [-0.1, -0.05) is 18.2 Å². The van der Waals surface area contributed by atoms with Crippen LogP contribution in [0.3, 0.4) is 0 Å². The van der Waals surface area contributed by atoms with Crippen molar-refractivity contribution in [3.8, 4) is 11.5 Å². The van der Waals surface area contributed by atoms with E-state index in [1.807, 2.05) is 36.4 Å². The number of ether oxygens (including phenoxy) is 1. The molecule has 1 saturated heterocycles. The Balaban J connectivity index is 1.85. The Morgan fingerprint density at radius 2 is 1.95 bits per heavy atom. The van der Waals surface area contributed by atoms with Crippen molar-refractivity contribution >= 4 is 0 Å². The monoisotopic (exact) mass is 259 g/mol. The highest BCUT2D eigenvalue weighted by Crippen LogP contribution is 2.28. The second-order valence-corrected chi connectivity index (χ2v) is 4.44. The van der Waals surface area contributed by atoms with E-state index in [2.05, 4.69) is 5.48 Å². The van der Waals surface area contributed by atoms with Crippen LogP contribution in [0.5, 0.6) is 11.5 Å². The maximum absolute atomic E-state index is 13.6. The van der Waals surface area contributed by atoms with Crippen molar-refractivity contribution in [2.24, 2.45) is 0 Å². The Kier molecular flexibility index (Phi) is 3.44. The number of hydrogen-bond acceptors (Lipinski definition) is 3. The van der Waals surface area contributed by atoms with Crippen LogP contribution in [-0.2, 0) is 4.84 Å². The molecule has 0 aliphatic carbocycles. The molecule has 0 saturated carbocycles. The van der Waals surface area contributed by atoms with Crippen LogP contribution >= 0.6 is 0 Å². The van der Waals surface area contributed by atoms with Gasteiger partial charge in [-0.25, -0.2) is 4.39 Å². The molecule has 0 radical (unpaired) electrons. The highest BCUT2D eigenvalue weighted by atomic mass is 19.1. The van der Waals surface area contributed by atoms with E-state index in [4.69, 9.17) is 9.57 Å². The minimum atomic E-state index is -0.308. The van der Waals surface area contributed by atoms with Gasteiger partial charge in [0.25, 0.3) is 0 Å². The lowest BCUT2D eigenvalue weighted by Crippen LogP contribution is -2.11. The van der Waals surface area contributed by atoms with Crippen molar-refractivity contribution in [2.75, 3.05) is 6.61 Å². The number of nitrogens with one attached hydrogen (secondary N) is 1. The van der Waals surface area contributed by atoms with Crippen molar-refractivity contribution < 1.29 is 14.0 Å². The summed E-state index contributed by atoms with van der Waals surface area (Å²) >= 11 is 0. The molecule has 1 aliphatic rings. The second kappa shape index (κ2) is 5.38. The SMILES string of the molecule is Fc1cc(Oc2ccccc2)cc(C2CCON2)c1. The first-order chi connectivity index (χ1) is 9.31. The van der Waals surface area contributed by atoms with Crippen LogP contribution in [0.25, 0.3) is 0 Å². The Hall–Kier alpha value is -1.91. The molecule has 1 aliphatic heterocycles. The average molecular weight is 259 g/mol. The van der Waals surface area contributed by atoms with E-state index in [0.717, 1.165) is 12.0 Å². The van der Waals surface area contributed by atoms with E-state index in [9.17, 15) is 4.39 Å². The van der Waals surface area contributed by atoms with E-state index in [1.165, 1.54) is 12.1 Å². The smallest absolute Gasteiger partial charge is 0.130 e. The van der Waals surface area contributed by atoms with Crippen molar-refractivity contribution in [1.29, 1.82) is 0 Å². The quantitative estimate of drug-likeness (QED) is 0.913. The fourth-order valence-corrected chi connectivity index (χ4v) is 2.10. The largest absolute Gasteiger partial charge is 0.457 e. The zero-order chi connectivity index (χ0) is 13.1. The van der Waals surface area contributed by atoms with E-state index in [0.29, 0.717) is 18.1 Å². The summed E-state index contributed by atoms with van der Waals surface area (Å²) in [6.07, 6.45) is 0.828. The van der Waals surface area contributed by atoms with E-state index in [-0.39, 0.29) is 11.9 Å². The first kappa shape index (κ1) is 12.1. The summed E-state index contributed by atoms with van der Waals surface area (Å²) in [5.74, 6) is 0.877. The van der Waals surface area contributed by atoms with Crippen LogP contribution in [0.2, 0.25) is 0 Å². The first-order valence-electron chi connectivity index (χ1n) is 6.22. The van der Waals surface area contributed by atoms with Crippen molar-refractivity contribution in [3.05, 3.63) is 59.9 Å². The minimum Gasteiger partial charge on any atom is -0.457 e. The number of hydroxylamine groups is 1.